The smallest absolute Gasteiger partial charge is 0.0194 e. The standard InChI is InChI=1S/C9H18N2S/c10-8-2-1-4-11(6-8)9-3-5-12-7-9/h8-9H,1-7,10H2/t8-,9-/m1/s1. The molecule has 2 nitrogen and oxygen atoms in total. The van der Waals surface area contributed by atoms with E-state index in [0.29, 0.717) is 6.04 Å². The summed E-state index contributed by atoms with van der Waals surface area (Å²) in [7, 11) is 0. The van der Waals surface area contributed by atoms with Crippen LogP contribution in [0.3, 0.4) is 0 Å². The molecule has 2 aliphatic rings. The molecule has 0 bridgehead atoms. The Morgan fingerprint density at radius 1 is 1.33 bits per heavy atom. The van der Waals surface area contributed by atoms with Gasteiger partial charge in [-0.1, -0.05) is 0 Å². The van der Waals surface area contributed by atoms with Crippen LogP contribution in [0.5, 0.6) is 0 Å². The van der Waals surface area contributed by atoms with Crippen molar-refractivity contribution in [2.45, 2.75) is 31.3 Å². The summed E-state index contributed by atoms with van der Waals surface area (Å²) < 4.78 is 0. The summed E-state index contributed by atoms with van der Waals surface area (Å²) in [6.45, 7) is 2.43. The summed E-state index contributed by atoms with van der Waals surface area (Å²) in [5.74, 6) is 2.70. The maximum Gasteiger partial charge on any atom is 0.0194 e. The number of nitrogens with zero attached hydrogens (tertiary/aromatic N) is 1. The second-order valence-corrected chi connectivity index (χ2v) is 5.06. The van der Waals surface area contributed by atoms with Crippen molar-refractivity contribution >= 4 is 11.8 Å². The molecule has 2 fully saturated rings. The van der Waals surface area contributed by atoms with Gasteiger partial charge in [-0.05, 0) is 31.6 Å². The van der Waals surface area contributed by atoms with Gasteiger partial charge in [-0.2, -0.15) is 11.8 Å². The summed E-state index contributed by atoms with van der Waals surface area (Å²) in [6.07, 6.45) is 3.93. The van der Waals surface area contributed by atoms with E-state index in [4.69, 9.17) is 5.73 Å². The molecular formula is C9H18N2S. The summed E-state index contributed by atoms with van der Waals surface area (Å²) in [6, 6.07) is 1.30. The van der Waals surface area contributed by atoms with E-state index in [9.17, 15) is 0 Å². The van der Waals surface area contributed by atoms with E-state index < -0.39 is 0 Å². The number of rotatable bonds is 1. The van der Waals surface area contributed by atoms with E-state index in [1.165, 1.54) is 37.3 Å². The maximum absolute atomic E-state index is 5.94. The highest BCUT2D eigenvalue weighted by atomic mass is 32.2. The number of nitrogens with two attached hydrogens (primary N) is 1. The van der Waals surface area contributed by atoms with Gasteiger partial charge < -0.3 is 5.73 Å². The van der Waals surface area contributed by atoms with E-state index in [0.717, 1.165) is 12.6 Å². The molecule has 0 aliphatic carbocycles. The number of hydrogen-bond acceptors (Lipinski definition) is 3. The molecule has 2 heterocycles. The highest BCUT2D eigenvalue weighted by molar-refractivity contribution is 7.99. The molecule has 0 amide bonds. The lowest BCUT2D eigenvalue weighted by Gasteiger charge is -2.34. The van der Waals surface area contributed by atoms with E-state index in [2.05, 4.69) is 16.7 Å². The summed E-state index contributed by atoms with van der Waals surface area (Å²) >= 11 is 2.09. The molecule has 0 radical (unpaired) electrons. The van der Waals surface area contributed by atoms with Gasteiger partial charge in [0.25, 0.3) is 0 Å². The zero-order valence-corrected chi connectivity index (χ0v) is 8.35. The second-order valence-electron chi connectivity index (χ2n) is 3.91. The van der Waals surface area contributed by atoms with E-state index in [1.807, 2.05) is 0 Å². The second kappa shape index (κ2) is 3.99. The molecule has 0 spiro atoms. The number of likely N-dealkylation sites (tertiary alicyclic amines) is 1. The van der Waals surface area contributed by atoms with Crippen LogP contribution >= 0.6 is 11.8 Å². The van der Waals surface area contributed by atoms with E-state index in [-0.39, 0.29) is 0 Å². The Morgan fingerprint density at radius 3 is 2.92 bits per heavy atom. The van der Waals surface area contributed by atoms with E-state index >= 15 is 0 Å². The highest BCUT2D eigenvalue weighted by Crippen LogP contribution is 2.24. The van der Waals surface area contributed by atoms with Crippen LogP contribution in [0.2, 0.25) is 0 Å². The minimum absolute atomic E-state index is 0.448. The van der Waals surface area contributed by atoms with Gasteiger partial charge in [0.2, 0.25) is 0 Å². The molecule has 2 N–H and O–H groups in total. The summed E-state index contributed by atoms with van der Waals surface area (Å²) in [5.41, 5.74) is 5.94. The first-order chi connectivity index (χ1) is 5.86. The zero-order chi connectivity index (χ0) is 8.39. The van der Waals surface area contributed by atoms with Crippen molar-refractivity contribution in [3.63, 3.8) is 0 Å². The van der Waals surface area contributed by atoms with Crippen LogP contribution in [-0.2, 0) is 0 Å². The van der Waals surface area contributed by atoms with Gasteiger partial charge in [-0.3, -0.25) is 4.90 Å². The molecule has 0 aromatic carbocycles. The summed E-state index contributed by atoms with van der Waals surface area (Å²) in [5, 5.41) is 0. The first-order valence-electron chi connectivity index (χ1n) is 4.93. The van der Waals surface area contributed by atoms with Crippen molar-refractivity contribution in [1.82, 2.24) is 4.90 Å². The number of piperidine rings is 1. The molecule has 2 rings (SSSR count). The molecule has 70 valence electrons. The number of hydrogen-bond donors (Lipinski definition) is 1. The Balaban J connectivity index is 1.85. The van der Waals surface area contributed by atoms with Crippen LogP contribution in [0.4, 0.5) is 0 Å². The minimum Gasteiger partial charge on any atom is -0.327 e. The van der Waals surface area contributed by atoms with Gasteiger partial charge in [0.05, 0.1) is 0 Å². The number of thioether (sulfide) groups is 1. The Labute approximate surface area is 78.9 Å². The van der Waals surface area contributed by atoms with Crippen molar-refractivity contribution in [2.75, 3.05) is 24.6 Å². The van der Waals surface area contributed by atoms with Crippen molar-refractivity contribution in [1.29, 1.82) is 0 Å². The average Bonchev–Trinajstić information content (AvgIpc) is 2.56. The topological polar surface area (TPSA) is 29.3 Å². The molecular weight excluding hydrogens is 168 g/mol. The zero-order valence-electron chi connectivity index (χ0n) is 7.54. The lowest BCUT2D eigenvalue weighted by Crippen LogP contribution is -2.47. The minimum atomic E-state index is 0.448. The van der Waals surface area contributed by atoms with Crippen LogP contribution in [0.15, 0.2) is 0 Å². The fraction of sp³-hybridized carbons (Fsp3) is 1.00. The SMILES string of the molecule is N[C@@H]1CCCN([C@@H]2CCSC2)C1. The normalized spacial score (nSPS) is 38.8. The molecule has 2 atom stereocenters. The van der Waals surface area contributed by atoms with Crippen LogP contribution in [0.1, 0.15) is 19.3 Å². The van der Waals surface area contributed by atoms with Crippen LogP contribution < -0.4 is 5.73 Å². The predicted octanol–water partition coefficient (Wildman–Crippen LogP) is 0.915. The fourth-order valence-corrected chi connectivity index (χ4v) is 3.44. The Bertz CT molecular complexity index is 145. The van der Waals surface area contributed by atoms with Gasteiger partial charge >= 0.3 is 0 Å². The van der Waals surface area contributed by atoms with Crippen LogP contribution in [0.25, 0.3) is 0 Å². The van der Waals surface area contributed by atoms with Crippen molar-refractivity contribution in [3.8, 4) is 0 Å². The third kappa shape index (κ3) is 1.95. The maximum atomic E-state index is 5.94. The van der Waals surface area contributed by atoms with E-state index in [1.54, 1.807) is 0 Å². The van der Waals surface area contributed by atoms with Gasteiger partial charge in [0.15, 0.2) is 0 Å². The summed E-state index contributed by atoms with van der Waals surface area (Å²) in [4.78, 5) is 2.61. The van der Waals surface area contributed by atoms with Gasteiger partial charge in [-0.15, -0.1) is 0 Å². The molecule has 3 heteroatoms. The third-order valence-corrected chi connectivity index (χ3v) is 4.06. The monoisotopic (exact) mass is 186 g/mol. The van der Waals surface area contributed by atoms with Gasteiger partial charge in [-0.25, -0.2) is 0 Å². The third-order valence-electron chi connectivity index (χ3n) is 2.91. The molecule has 0 unspecified atom stereocenters. The predicted molar refractivity (Wildman–Crippen MR) is 54.5 cm³/mol. The Morgan fingerprint density at radius 2 is 2.25 bits per heavy atom. The fourth-order valence-electron chi connectivity index (χ4n) is 2.18. The first-order valence-corrected chi connectivity index (χ1v) is 6.09. The van der Waals surface area contributed by atoms with Gasteiger partial charge in [0.1, 0.15) is 0 Å². The molecule has 0 saturated carbocycles. The largest absolute Gasteiger partial charge is 0.327 e. The van der Waals surface area contributed by atoms with Crippen molar-refractivity contribution in [3.05, 3.63) is 0 Å². The molecule has 0 aromatic heterocycles. The lowest BCUT2D eigenvalue weighted by atomic mass is 10.0. The molecule has 2 aliphatic heterocycles. The van der Waals surface area contributed by atoms with Crippen LogP contribution in [0, 0.1) is 0 Å². The van der Waals surface area contributed by atoms with Crippen molar-refractivity contribution < 1.29 is 0 Å². The lowest BCUT2D eigenvalue weighted by molar-refractivity contribution is 0.162. The Hall–Kier alpha value is 0.270. The van der Waals surface area contributed by atoms with Crippen LogP contribution in [-0.4, -0.2) is 41.6 Å². The Kier molecular flexibility index (Phi) is 2.94. The first kappa shape index (κ1) is 8.85. The average molecular weight is 186 g/mol. The van der Waals surface area contributed by atoms with Gasteiger partial charge in [0, 0.05) is 24.4 Å². The molecule has 0 aromatic rings. The van der Waals surface area contributed by atoms with Crippen molar-refractivity contribution in [2.24, 2.45) is 5.73 Å². The molecule has 2 saturated heterocycles. The highest BCUT2D eigenvalue weighted by Gasteiger charge is 2.26. The quantitative estimate of drug-likeness (QED) is 0.660. The molecule has 12 heavy (non-hydrogen) atoms.